The largest absolute Gasteiger partial charge is 0.454 e. The Kier molecular flexibility index (Phi) is 2.31. The highest BCUT2D eigenvalue weighted by molar-refractivity contribution is 6.35. The molecule has 0 bridgehead atoms. The lowest BCUT2D eigenvalue weighted by molar-refractivity contribution is 0.659. The first kappa shape index (κ1) is 10.6. The van der Waals surface area contributed by atoms with E-state index in [1.54, 1.807) is 18.2 Å². The first-order valence-corrected chi connectivity index (χ1v) is 5.59. The molecule has 0 atom stereocenters. The van der Waals surface area contributed by atoms with Crippen molar-refractivity contribution in [2.24, 2.45) is 0 Å². The number of benzene rings is 1. The smallest absolute Gasteiger partial charge is 0.202 e. The standard InChI is InChI=1S/C12H5Cl2NO2/c13-8-3-1-2-6-11(16)7-5-15-10(14)4-9(7)17-12(6)8/h1-5H. The summed E-state index contributed by atoms with van der Waals surface area (Å²) in [4.78, 5) is 16.0. The van der Waals surface area contributed by atoms with E-state index in [4.69, 9.17) is 27.6 Å². The zero-order chi connectivity index (χ0) is 12.0. The Morgan fingerprint density at radius 2 is 2.00 bits per heavy atom. The minimum Gasteiger partial charge on any atom is -0.454 e. The van der Waals surface area contributed by atoms with Crippen molar-refractivity contribution >= 4 is 45.1 Å². The lowest BCUT2D eigenvalue weighted by Gasteiger charge is -2.02. The van der Waals surface area contributed by atoms with E-state index in [0.717, 1.165) is 0 Å². The van der Waals surface area contributed by atoms with E-state index >= 15 is 0 Å². The van der Waals surface area contributed by atoms with Gasteiger partial charge in [0.15, 0.2) is 5.58 Å². The van der Waals surface area contributed by atoms with Gasteiger partial charge in [0.1, 0.15) is 10.7 Å². The predicted octanol–water partition coefficient (Wildman–Crippen LogP) is 3.65. The van der Waals surface area contributed by atoms with Gasteiger partial charge in [-0.3, -0.25) is 4.79 Å². The quantitative estimate of drug-likeness (QED) is 0.460. The number of nitrogens with zero attached hydrogens (tertiary/aromatic N) is 1. The monoisotopic (exact) mass is 265 g/mol. The summed E-state index contributed by atoms with van der Waals surface area (Å²) in [5, 5.41) is 1.50. The van der Waals surface area contributed by atoms with E-state index in [1.165, 1.54) is 12.3 Å². The molecule has 1 aromatic carbocycles. The van der Waals surface area contributed by atoms with Gasteiger partial charge in [0, 0.05) is 12.3 Å². The van der Waals surface area contributed by atoms with Gasteiger partial charge in [0.2, 0.25) is 5.43 Å². The van der Waals surface area contributed by atoms with Crippen molar-refractivity contribution < 1.29 is 4.42 Å². The Labute approximate surface area is 106 Å². The van der Waals surface area contributed by atoms with Crippen molar-refractivity contribution in [2.45, 2.75) is 0 Å². The predicted molar refractivity (Wildman–Crippen MR) is 67.8 cm³/mol. The Hall–Kier alpha value is -1.58. The summed E-state index contributed by atoms with van der Waals surface area (Å²) in [6.45, 7) is 0. The summed E-state index contributed by atoms with van der Waals surface area (Å²) < 4.78 is 5.58. The van der Waals surface area contributed by atoms with Crippen LogP contribution in [-0.4, -0.2) is 4.98 Å². The van der Waals surface area contributed by atoms with Crippen LogP contribution in [-0.2, 0) is 0 Å². The average Bonchev–Trinajstić information content (AvgIpc) is 2.30. The topological polar surface area (TPSA) is 43.1 Å². The molecule has 3 rings (SSSR count). The van der Waals surface area contributed by atoms with Crippen LogP contribution in [0.2, 0.25) is 10.2 Å². The number of aromatic nitrogens is 1. The maximum Gasteiger partial charge on any atom is 0.202 e. The van der Waals surface area contributed by atoms with Gasteiger partial charge in [-0.15, -0.1) is 0 Å². The molecule has 0 aliphatic heterocycles. The fourth-order valence-electron chi connectivity index (χ4n) is 1.71. The van der Waals surface area contributed by atoms with Crippen LogP contribution < -0.4 is 5.43 Å². The maximum atomic E-state index is 12.1. The second kappa shape index (κ2) is 3.72. The molecule has 0 unspecified atom stereocenters. The molecule has 5 heteroatoms. The highest BCUT2D eigenvalue weighted by atomic mass is 35.5. The minimum atomic E-state index is -0.159. The maximum absolute atomic E-state index is 12.1. The molecule has 0 spiro atoms. The van der Waals surface area contributed by atoms with Crippen LogP contribution in [0.4, 0.5) is 0 Å². The lowest BCUT2D eigenvalue weighted by atomic mass is 10.2. The van der Waals surface area contributed by atoms with Crippen molar-refractivity contribution in [2.75, 3.05) is 0 Å². The van der Waals surface area contributed by atoms with Crippen molar-refractivity contribution in [3.8, 4) is 0 Å². The zero-order valence-electron chi connectivity index (χ0n) is 8.41. The van der Waals surface area contributed by atoms with Crippen LogP contribution >= 0.6 is 23.2 Å². The molecule has 0 saturated heterocycles. The first-order chi connectivity index (χ1) is 8.16. The highest BCUT2D eigenvalue weighted by Crippen LogP contribution is 2.25. The Bertz CT molecular complexity index is 795. The van der Waals surface area contributed by atoms with E-state index in [2.05, 4.69) is 4.98 Å². The first-order valence-electron chi connectivity index (χ1n) is 4.83. The minimum absolute atomic E-state index is 0.159. The summed E-state index contributed by atoms with van der Waals surface area (Å²) in [5.41, 5.74) is 0.595. The molecule has 3 aromatic rings. The molecule has 2 aromatic heterocycles. The van der Waals surface area contributed by atoms with Gasteiger partial charge in [-0.2, -0.15) is 0 Å². The van der Waals surface area contributed by atoms with Crippen molar-refractivity contribution in [1.82, 2.24) is 4.98 Å². The van der Waals surface area contributed by atoms with Crippen LogP contribution in [0, 0.1) is 0 Å². The van der Waals surface area contributed by atoms with Gasteiger partial charge in [0.25, 0.3) is 0 Å². The third kappa shape index (κ3) is 1.59. The van der Waals surface area contributed by atoms with Crippen LogP contribution in [0.3, 0.4) is 0 Å². The van der Waals surface area contributed by atoms with Gasteiger partial charge < -0.3 is 4.42 Å². The Morgan fingerprint density at radius 1 is 1.18 bits per heavy atom. The van der Waals surface area contributed by atoms with E-state index < -0.39 is 0 Å². The highest BCUT2D eigenvalue weighted by Gasteiger charge is 2.10. The van der Waals surface area contributed by atoms with Gasteiger partial charge in [0.05, 0.1) is 15.8 Å². The van der Waals surface area contributed by atoms with Crippen LogP contribution in [0.15, 0.2) is 39.7 Å². The summed E-state index contributed by atoms with van der Waals surface area (Å²) in [5.74, 6) is 0. The SMILES string of the molecule is O=c1c2cnc(Cl)cc2oc2c(Cl)cccc12. The van der Waals surface area contributed by atoms with E-state index in [-0.39, 0.29) is 10.6 Å². The number of fused-ring (bicyclic) bond motifs is 2. The fraction of sp³-hybridized carbons (Fsp3) is 0. The second-order valence-electron chi connectivity index (χ2n) is 3.55. The summed E-state index contributed by atoms with van der Waals surface area (Å²) in [6.07, 6.45) is 1.41. The number of hydrogen-bond donors (Lipinski definition) is 0. The third-order valence-electron chi connectivity index (χ3n) is 2.50. The summed E-state index contributed by atoms with van der Waals surface area (Å²) in [6, 6.07) is 6.54. The van der Waals surface area contributed by atoms with Gasteiger partial charge in [-0.1, -0.05) is 29.3 Å². The molecule has 0 amide bonds. The number of para-hydroxylation sites is 1. The molecular formula is C12H5Cl2NO2. The Morgan fingerprint density at radius 3 is 2.82 bits per heavy atom. The molecule has 0 saturated carbocycles. The summed E-state index contributed by atoms with van der Waals surface area (Å²) >= 11 is 11.7. The third-order valence-corrected chi connectivity index (χ3v) is 3.01. The van der Waals surface area contributed by atoms with Crippen molar-refractivity contribution in [3.63, 3.8) is 0 Å². The lowest BCUT2D eigenvalue weighted by Crippen LogP contribution is -2.02. The van der Waals surface area contributed by atoms with E-state index in [1.807, 2.05) is 0 Å². The normalized spacial score (nSPS) is 11.2. The number of halogens is 2. The molecule has 0 fully saturated rings. The van der Waals surface area contributed by atoms with Gasteiger partial charge in [-0.25, -0.2) is 4.98 Å². The summed E-state index contributed by atoms with van der Waals surface area (Å²) in [7, 11) is 0. The van der Waals surface area contributed by atoms with E-state index in [9.17, 15) is 4.79 Å². The van der Waals surface area contributed by atoms with Gasteiger partial charge >= 0.3 is 0 Å². The number of rotatable bonds is 0. The molecule has 0 aliphatic rings. The Balaban J connectivity index is 2.62. The molecule has 0 N–H and O–H groups in total. The van der Waals surface area contributed by atoms with E-state index in [0.29, 0.717) is 27.0 Å². The number of pyridine rings is 1. The molecule has 3 nitrogen and oxygen atoms in total. The van der Waals surface area contributed by atoms with Crippen molar-refractivity contribution in [3.05, 3.63) is 50.9 Å². The molecule has 0 radical (unpaired) electrons. The van der Waals surface area contributed by atoms with Crippen LogP contribution in [0.1, 0.15) is 0 Å². The molecular weight excluding hydrogens is 261 g/mol. The molecule has 2 heterocycles. The number of hydrogen-bond acceptors (Lipinski definition) is 3. The molecule has 84 valence electrons. The molecule has 17 heavy (non-hydrogen) atoms. The average molecular weight is 266 g/mol. The van der Waals surface area contributed by atoms with Gasteiger partial charge in [-0.05, 0) is 12.1 Å². The van der Waals surface area contributed by atoms with Crippen LogP contribution in [0.25, 0.3) is 21.9 Å². The second-order valence-corrected chi connectivity index (χ2v) is 4.35. The van der Waals surface area contributed by atoms with Crippen LogP contribution in [0.5, 0.6) is 0 Å². The fourth-order valence-corrected chi connectivity index (χ4v) is 2.08. The zero-order valence-corrected chi connectivity index (χ0v) is 9.92. The molecule has 0 aliphatic carbocycles. The van der Waals surface area contributed by atoms with Crippen molar-refractivity contribution in [1.29, 1.82) is 0 Å².